The van der Waals surface area contributed by atoms with Crippen molar-refractivity contribution in [2.75, 3.05) is 0 Å². The maximum atomic E-state index is 11.8. The van der Waals surface area contributed by atoms with E-state index in [-0.39, 0.29) is 11.9 Å². The summed E-state index contributed by atoms with van der Waals surface area (Å²) < 4.78 is 0. The van der Waals surface area contributed by atoms with Crippen molar-refractivity contribution in [2.45, 2.75) is 26.3 Å². The average Bonchev–Trinajstić information content (AvgIpc) is 2.85. The van der Waals surface area contributed by atoms with Crippen molar-refractivity contribution >= 4 is 5.91 Å². The Hall–Kier alpha value is -2.24. The highest BCUT2D eigenvalue weighted by molar-refractivity contribution is 5.78. The normalized spacial score (nSPS) is 12.1. The number of amides is 1. The molecule has 1 atom stereocenters. The van der Waals surface area contributed by atoms with Gasteiger partial charge in [-0.2, -0.15) is 5.21 Å². The molecule has 0 saturated carbocycles. The van der Waals surface area contributed by atoms with E-state index < -0.39 is 0 Å². The lowest BCUT2D eigenvalue weighted by molar-refractivity contribution is -0.121. The fourth-order valence-electron chi connectivity index (χ4n) is 1.60. The van der Waals surface area contributed by atoms with Gasteiger partial charge in [0.2, 0.25) is 5.91 Å². The lowest BCUT2D eigenvalue weighted by atomic mass is 10.1. The van der Waals surface area contributed by atoms with Crippen LogP contribution in [-0.4, -0.2) is 26.5 Å². The SMILES string of the molecule is Cc1ccc(CC(=O)NC(C)c2nn[nH]n2)cc1. The van der Waals surface area contributed by atoms with Crippen LogP contribution in [0.1, 0.15) is 29.9 Å². The monoisotopic (exact) mass is 245 g/mol. The zero-order valence-electron chi connectivity index (χ0n) is 10.3. The van der Waals surface area contributed by atoms with E-state index in [2.05, 4.69) is 25.9 Å². The van der Waals surface area contributed by atoms with Gasteiger partial charge in [-0.1, -0.05) is 35.0 Å². The van der Waals surface area contributed by atoms with Crippen molar-refractivity contribution in [1.82, 2.24) is 25.9 Å². The maximum absolute atomic E-state index is 11.8. The number of H-pyrrole nitrogens is 1. The summed E-state index contributed by atoms with van der Waals surface area (Å²) in [6.07, 6.45) is 0.350. The molecule has 94 valence electrons. The molecule has 2 N–H and O–H groups in total. The van der Waals surface area contributed by atoms with Crippen molar-refractivity contribution < 1.29 is 4.79 Å². The van der Waals surface area contributed by atoms with E-state index in [1.165, 1.54) is 5.56 Å². The Balaban J connectivity index is 1.91. The second-order valence-corrected chi connectivity index (χ2v) is 4.22. The van der Waals surface area contributed by atoms with Crippen molar-refractivity contribution in [2.24, 2.45) is 0 Å². The molecule has 0 bridgehead atoms. The number of aryl methyl sites for hydroxylation is 1. The van der Waals surface area contributed by atoms with Crippen LogP contribution in [0.15, 0.2) is 24.3 Å². The number of hydrogen-bond acceptors (Lipinski definition) is 4. The molecule has 1 heterocycles. The minimum Gasteiger partial charge on any atom is -0.346 e. The zero-order valence-corrected chi connectivity index (χ0v) is 10.3. The zero-order chi connectivity index (χ0) is 13.0. The summed E-state index contributed by atoms with van der Waals surface area (Å²) in [6, 6.07) is 7.64. The smallest absolute Gasteiger partial charge is 0.225 e. The lowest BCUT2D eigenvalue weighted by Gasteiger charge is -2.09. The minimum atomic E-state index is -0.248. The van der Waals surface area contributed by atoms with E-state index in [9.17, 15) is 4.79 Å². The van der Waals surface area contributed by atoms with E-state index in [1.807, 2.05) is 38.1 Å². The molecule has 0 radical (unpaired) electrons. The number of carbonyl (C=O) groups is 1. The molecular weight excluding hydrogens is 230 g/mol. The largest absolute Gasteiger partial charge is 0.346 e. The number of aromatic nitrogens is 4. The molecule has 1 unspecified atom stereocenters. The molecule has 0 saturated heterocycles. The van der Waals surface area contributed by atoms with Gasteiger partial charge in [-0.15, -0.1) is 10.2 Å². The molecule has 1 aromatic carbocycles. The first kappa shape index (κ1) is 12.2. The third-order valence-electron chi connectivity index (χ3n) is 2.61. The van der Waals surface area contributed by atoms with Gasteiger partial charge < -0.3 is 5.32 Å². The molecule has 0 aliphatic carbocycles. The first-order valence-corrected chi connectivity index (χ1v) is 5.73. The number of hydrogen-bond donors (Lipinski definition) is 2. The summed E-state index contributed by atoms with van der Waals surface area (Å²) in [6.45, 7) is 3.83. The molecule has 0 aliphatic heterocycles. The molecule has 0 aliphatic rings. The fraction of sp³-hybridized carbons (Fsp3) is 0.333. The molecule has 0 spiro atoms. The van der Waals surface area contributed by atoms with Gasteiger partial charge in [-0.05, 0) is 19.4 Å². The molecule has 2 rings (SSSR count). The van der Waals surface area contributed by atoms with Crippen LogP contribution >= 0.6 is 0 Å². The van der Waals surface area contributed by atoms with Crippen molar-refractivity contribution in [3.8, 4) is 0 Å². The highest BCUT2D eigenvalue weighted by Gasteiger charge is 2.13. The third-order valence-corrected chi connectivity index (χ3v) is 2.61. The number of tetrazole rings is 1. The van der Waals surface area contributed by atoms with Crippen LogP contribution in [0.3, 0.4) is 0 Å². The molecule has 2 aromatic rings. The van der Waals surface area contributed by atoms with Crippen LogP contribution in [0.5, 0.6) is 0 Å². The predicted octanol–water partition coefficient (Wildman–Crippen LogP) is 0.928. The molecular formula is C12H15N5O. The van der Waals surface area contributed by atoms with E-state index >= 15 is 0 Å². The number of nitrogens with zero attached hydrogens (tertiary/aromatic N) is 3. The summed E-state index contributed by atoms with van der Waals surface area (Å²) in [4.78, 5) is 11.8. The second-order valence-electron chi connectivity index (χ2n) is 4.22. The van der Waals surface area contributed by atoms with Gasteiger partial charge in [-0.3, -0.25) is 4.79 Å². The van der Waals surface area contributed by atoms with Gasteiger partial charge >= 0.3 is 0 Å². The highest BCUT2D eigenvalue weighted by Crippen LogP contribution is 2.06. The summed E-state index contributed by atoms with van der Waals surface area (Å²) in [5.74, 6) is 0.420. The topological polar surface area (TPSA) is 83.6 Å². The standard InChI is InChI=1S/C12H15N5O/c1-8-3-5-10(6-4-8)7-11(18)13-9(2)12-14-16-17-15-12/h3-6,9H,7H2,1-2H3,(H,13,18)(H,14,15,16,17). The van der Waals surface area contributed by atoms with Crippen LogP contribution in [0, 0.1) is 6.92 Å². The minimum absolute atomic E-state index is 0.0591. The van der Waals surface area contributed by atoms with Gasteiger partial charge in [-0.25, -0.2) is 0 Å². The maximum Gasteiger partial charge on any atom is 0.225 e. The molecule has 6 heteroatoms. The quantitative estimate of drug-likeness (QED) is 0.839. The lowest BCUT2D eigenvalue weighted by Crippen LogP contribution is -2.28. The van der Waals surface area contributed by atoms with Crippen LogP contribution in [0.25, 0.3) is 0 Å². The summed E-state index contributed by atoms with van der Waals surface area (Å²) >= 11 is 0. The Morgan fingerprint density at radius 3 is 2.72 bits per heavy atom. The molecule has 0 fully saturated rings. The number of benzene rings is 1. The number of nitrogens with one attached hydrogen (secondary N) is 2. The van der Waals surface area contributed by atoms with Crippen LogP contribution in [0.4, 0.5) is 0 Å². The van der Waals surface area contributed by atoms with Gasteiger partial charge in [0.1, 0.15) is 0 Å². The Morgan fingerprint density at radius 2 is 2.11 bits per heavy atom. The number of aromatic amines is 1. The van der Waals surface area contributed by atoms with Crippen molar-refractivity contribution in [1.29, 1.82) is 0 Å². The number of carbonyl (C=O) groups excluding carboxylic acids is 1. The second kappa shape index (κ2) is 5.39. The van der Waals surface area contributed by atoms with Gasteiger partial charge in [0.25, 0.3) is 0 Å². The Morgan fingerprint density at radius 1 is 1.39 bits per heavy atom. The first-order valence-electron chi connectivity index (χ1n) is 5.73. The number of rotatable bonds is 4. The van der Waals surface area contributed by atoms with E-state index in [0.717, 1.165) is 5.56 Å². The summed E-state index contributed by atoms with van der Waals surface area (Å²) in [5, 5.41) is 16.3. The molecule has 18 heavy (non-hydrogen) atoms. The van der Waals surface area contributed by atoms with E-state index in [4.69, 9.17) is 0 Å². The van der Waals surface area contributed by atoms with Gasteiger partial charge in [0, 0.05) is 0 Å². The van der Waals surface area contributed by atoms with Gasteiger partial charge in [0.05, 0.1) is 12.5 Å². The Labute approximate surface area is 105 Å². The van der Waals surface area contributed by atoms with Crippen LogP contribution < -0.4 is 5.32 Å². The average molecular weight is 245 g/mol. The van der Waals surface area contributed by atoms with Crippen LogP contribution in [-0.2, 0) is 11.2 Å². The molecule has 1 amide bonds. The third kappa shape index (κ3) is 3.13. The molecule has 6 nitrogen and oxygen atoms in total. The molecule has 1 aromatic heterocycles. The van der Waals surface area contributed by atoms with E-state index in [1.54, 1.807) is 0 Å². The van der Waals surface area contributed by atoms with Crippen molar-refractivity contribution in [3.63, 3.8) is 0 Å². The summed E-state index contributed by atoms with van der Waals surface area (Å²) in [7, 11) is 0. The fourth-order valence-corrected chi connectivity index (χ4v) is 1.60. The Kier molecular flexibility index (Phi) is 3.66. The van der Waals surface area contributed by atoms with Gasteiger partial charge in [0.15, 0.2) is 5.82 Å². The Bertz CT molecular complexity index is 506. The summed E-state index contributed by atoms with van der Waals surface area (Å²) in [5.41, 5.74) is 2.16. The highest BCUT2D eigenvalue weighted by atomic mass is 16.1. The predicted molar refractivity (Wildman–Crippen MR) is 65.6 cm³/mol. The van der Waals surface area contributed by atoms with Crippen LogP contribution in [0.2, 0.25) is 0 Å². The first-order chi connectivity index (χ1) is 8.65. The van der Waals surface area contributed by atoms with E-state index in [0.29, 0.717) is 12.2 Å². The van der Waals surface area contributed by atoms with Crippen molar-refractivity contribution in [3.05, 3.63) is 41.2 Å².